The van der Waals surface area contributed by atoms with Crippen molar-refractivity contribution in [2.45, 2.75) is 62.7 Å². The van der Waals surface area contributed by atoms with E-state index in [0.29, 0.717) is 16.6 Å². The van der Waals surface area contributed by atoms with Crippen LogP contribution in [-0.2, 0) is 9.53 Å². The van der Waals surface area contributed by atoms with Crippen molar-refractivity contribution in [1.29, 1.82) is 0 Å². The summed E-state index contributed by atoms with van der Waals surface area (Å²) >= 11 is 1.91. The first-order chi connectivity index (χ1) is 8.39. The summed E-state index contributed by atoms with van der Waals surface area (Å²) in [6, 6.07) is 0. The normalized spacial score (nSPS) is 28.9. The number of amides is 1. The molecule has 1 saturated heterocycles. The molecule has 106 valence electrons. The first kappa shape index (κ1) is 15.8. The van der Waals surface area contributed by atoms with Gasteiger partial charge in [-0.05, 0) is 33.2 Å². The van der Waals surface area contributed by atoms with Crippen LogP contribution in [0.3, 0.4) is 0 Å². The van der Waals surface area contributed by atoms with E-state index < -0.39 is 5.54 Å². The monoisotopic (exact) mass is 274 g/mol. The molecule has 0 bridgehead atoms. The lowest BCUT2D eigenvalue weighted by atomic mass is 9.95. The van der Waals surface area contributed by atoms with Gasteiger partial charge in [-0.1, -0.05) is 13.8 Å². The highest BCUT2D eigenvalue weighted by atomic mass is 32.2. The number of nitrogens with one attached hydrogen (secondary N) is 1. The molecule has 1 aliphatic rings. The number of carbonyl (C=O) groups excluding carboxylic acids is 1. The molecule has 1 heterocycles. The number of thioether (sulfide) groups is 1. The molecule has 0 aromatic rings. The summed E-state index contributed by atoms with van der Waals surface area (Å²) in [4.78, 5) is 11.6. The van der Waals surface area contributed by atoms with Gasteiger partial charge in [0.1, 0.15) is 0 Å². The van der Waals surface area contributed by atoms with Crippen molar-refractivity contribution < 1.29 is 9.53 Å². The van der Waals surface area contributed by atoms with E-state index >= 15 is 0 Å². The van der Waals surface area contributed by atoms with E-state index in [1.54, 1.807) is 0 Å². The van der Waals surface area contributed by atoms with Gasteiger partial charge in [0.2, 0.25) is 5.91 Å². The summed E-state index contributed by atoms with van der Waals surface area (Å²) in [7, 11) is 0. The molecule has 0 aromatic carbocycles. The Labute approximate surface area is 114 Å². The maximum absolute atomic E-state index is 11.6. The van der Waals surface area contributed by atoms with Crippen molar-refractivity contribution >= 4 is 17.7 Å². The van der Waals surface area contributed by atoms with Gasteiger partial charge in [0.15, 0.2) is 0 Å². The fraction of sp³-hybridized carbons (Fsp3) is 0.923. The van der Waals surface area contributed by atoms with Gasteiger partial charge in [0.25, 0.3) is 0 Å². The van der Waals surface area contributed by atoms with Crippen molar-refractivity contribution in [2.24, 2.45) is 5.73 Å². The number of primary amides is 1. The van der Waals surface area contributed by atoms with Crippen LogP contribution in [-0.4, -0.2) is 41.2 Å². The van der Waals surface area contributed by atoms with Gasteiger partial charge in [0, 0.05) is 17.1 Å². The summed E-state index contributed by atoms with van der Waals surface area (Å²) in [6.07, 6.45) is 2.17. The Morgan fingerprint density at radius 1 is 1.67 bits per heavy atom. The van der Waals surface area contributed by atoms with Crippen LogP contribution in [0.2, 0.25) is 0 Å². The molecule has 4 nitrogen and oxygen atoms in total. The molecule has 1 fully saturated rings. The average Bonchev–Trinajstić information content (AvgIpc) is 2.64. The predicted molar refractivity (Wildman–Crippen MR) is 76.8 cm³/mol. The SMILES string of the molecule is CCNC(C)(CC(C)SC1CCOC1C)C(N)=O. The highest BCUT2D eigenvalue weighted by molar-refractivity contribution is 8.00. The number of rotatable bonds is 7. The molecule has 0 spiro atoms. The molecule has 18 heavy (non-hydrogen) atoms. The minimum absolute atomic E-state index is 0.271. The fourth-order valence-corrected chi connectivity index (χ4v) is 4.02. The van der Waals surface area contributed by atoms with Gasteiger partial charge in [-0.25, -0.2) is 0 Å². The molecule has 4 unspecified atom stereocenters. The van der Waals surface area contributed by atoms with Crippen molar-refractivity contribution in [2.75, 3.05) is 13.2 Å². The maximum atomic E-state index is 11.6. The zero-order valence-electron chi connectivity index (χ0n) is 11.9. The van der Waals surface area contributed by atoms with Gasteiger partial charge in [-0.15, -0.1) is 0 Å². The van der Waals surface area contributed by atoms with Crippen LogP contribution in [0.15, 0.2) is 0 Å². The Bertz CT molecular complexity index is 288. The molecule has 1 amide bonds. The summed E-state index contributed by atoms with van der Waals surface area (Å²) < 4.78 is 5.56. The first-order valence-electron chi connectivity index (χ1n) is 6.71. The van der Waals surface area contributed by atoms with Crippen molar-refractivity contribution in [3.63, 3.8) is 0 Å². The number of hydrogen-bond acceptors (Lipinski definition) is 4. The third-order valence-corrected chi connectivity index (χ3v) is 5.12. The van der Waals surface area contributed by atoms with E-state index in [1.807, 2.05) is 25.6 Å². The van der Waals surface area contributed by atoms with E-state index in [-0.39, 0.29) is 5.91 Å². The fourth-order valence-electron chi connectivity index (χ4n) is 2.46. The summed E-state index contributed by atoms with van der Waals surface area (Å²) in [5.74, 6) is -0.271. The maximum Gasteiger partial charge on any atom is 0.237 e. The standard InChI is InChI=1S/C13H26N2O2S/c1-5-15-13(4,12(14)16)8-9(2)18-11-6-7-17-10(11)3/h9-11,15H,5-8H2,1-4H3,(H2,14,16). The summed E-state index contributed by atoms with van der Waals surface area (Å²) in [5, 5.41) is 4.13. The molecular weight excluding hydrogens is 248 g/mol. The van der Waals surface area contributed by atoms with Gasteiger partial charge < -0.3 is 15.8 Å². The zero-order valence-corrected chi connectivity index (χ0v) is 12.7. The average molecular weight is 274 g/mol. The van der Waals surface area contributed by atoms with E-state index in [1.165, 1.54) is 0 Å². The van der Waals surface area contributed by atoms with Gasteiger partial charge >= 0.3 is 0 Å². The molecule has 0 aromatic heterocycles. The van der Waals surface area contributed by atoms with Crippen molar-refractivity contribution in [3.8, 4) is 0 Å². The minimum Gasteiger partial charge on any atom is -0.377 e. The number of carbonyl (C=O) groups is 1. The van der Waals surface area contributed by atoms with Crippen molar-refractivity contribution in [3.05, 3.63) is 0 Å². The third-order valence-electron chi connectivity index (χ3n) is 3.52. The molecule has 5 heteroatoms. The highest BCUT2D eigenvalue weighted by Gasteiger charge is 2.34. The molecule has 1 rings (SSSR count). The lowest BCUT2D eigenvalue weighted by Gasteiger charge is -2.31. The second-order valence-electron chi connectivity index (χ2n) is 5.28. The summed E-state index contributed by atoms with van der Waals surface area (Å²) in [5.41, 5.74) is 4.90. The van der Waals surface area contributed by atoms with Gasteiger partial charge in [-0.2, -0.15) is 11.8 Å². The number of hydrogen-bond donors (Lipinski definition) is 2. The Hall–Kier alpha value is -0.260. The van der Waals surface area contributed by atoms with Crippen LogP contribution in [0, 0.1) is 0 Å². The topological polar surface area (TPSA) is 64.3 Å². The smallest absolute Gasteiger partial charge is 0.237 e. The Balaban J connectivity index is 2.50. The largest absolute Gasteiger partial charge is 0.377 e. The Morgan fingerprint density at radius 2 is 2.33 bits per heavy atom. The quantitative estimate of drug-likeness (QED) is 0.739. The van der Waals surface area contributed by atoms with Crippen LogP contribution in [0.4, 0.5) is 0 Å². The lowest BCUT2D eigenvalue weighted by Crippen LogP contribution is -2.54. The van der Waals surface area contributed by atoms with Crippen LogP contribution in [0.25, 0.3) is 0 Å². The second-order valence-corrected chi connectivity index (χ2v) is 6.96. The molecule has 0 radical (unpaired) electrons. The number of likely N-dealkylation sites (N-methyl/N-ethyl adjacent to an activating group) is 1. The molecule has 0 saturated carbocycles. The third kappa shape index (κ3) is 4.14. The van der Waals surface area contributed by atoms with Crippen molar-refractivity contribution in [1.82, 2.24) is 5.32 Å². The number of ether oxygens (including phenoxy) is 1. The minimum atomic E-state index is -0.607. The molecule has 0 aliphatic carbocycles. The van der Waals surface area contributed by atoms with E-state index in [4.69, 9.17) is 10.5 Å². The van der Waals surface area contributed by atoms with E-state index in [2.05, 4.69) is 19.2 Å². The second kappa shape index (κ2) is 6.78. The van der Waals surface area contributed by atoms with Gasteiger partial charge in [-0.3, -0.25) is 4.79 Å². The Kier molecular flexibility index (Phi) is 5.95. The summed E-state index contributed by atoms with van der Waals surface area (Å²) in [6.45, 7) is 9.77. The Morgan fingerprint density at radius 3 is 2.78 bits per heavy atom. The highest BCUT2D eigenvalue weighted by Crippen LogP contribution is 2.32. The van der Waals surface area contributed by atoms with Crippen LogP contribution >= 0.6 is 11.8 Å². The van der Waals surface area contributed by atoms with Crippen LogP contribution in [0.5, 0.6) is 0 Å². The lowest BCUT2D eigenvalue weighted by molar-refractivity contribution is -0.124. The molecular formula is C13H26N2O2S. The van der Waals surface area contributed by atoms with E-state index in [0.717, 1.165) is 26.0 Å². The molecule has 4 atom stereocenters. The zero-order chi connectivity index (χ0) is 13.8. The van der Waals surface area contributed by atoms with Crippen LogP contribution < -0.4 is 11.1 Å². The first-order valence-corrected chi connectivity index (χ1v) is 7.65. The van der Waals surface area contributed by atoms with Gasteiger partial charge in [0.05, 0.1) is 11.6 Å². The number of nitrogens with two attached hydrogens (primary N) is 1. The molecule has 3 N–H and O–H groups in total. The van der Waals surface area contributed by atoms with E-state index in [9.17, 15) is 4.79 Å². The van der Waals surface area contributed by atoms with Crippen LogP contribution in [0.1, 0.15) is 40.5 Å². The molecule has 1 aliphatic heterocycles. The predicted octanol–water partition coefficient (Wildman–Crippen LogP) is 1.53.